The van der Waals surface area contributed by atoms with Crippen molar-refractivity contribution in [3.8, 4) is 0 Å². The van der Waals surface area contributed by atoms with Gasteiger partial charge in [-0.25, -0.2) is 9.13 Å². The first-order chi connectivity index (χ1) is 42.2. The second kappa shape index (κ2) is 60.0. The van der Waals surface area contributed by atoms with Crippen LogP contribution in [0.3, 0.4) is 0 Å². The predicted octanol–water partition coefficient (Wildman–Crippen LogP) is 19.5. The monoisotopic (exact) mass is 1300 g/mol. The van der Waals surface area contributed by atoms with Gasteiger partial charge in [0, 0.05) is 25.7 Å². The lowest BCUT2D eigenvalue weighted by Gasteiger charge is -2.21. The minimum Gasteiger partial charge on any atom is -0.462 e. The van der Waals surface area contributed by atoms with Crippen molar-refractivity contribution in [1.82, 2.24) is 0 Å². The summed E-state index contributed by atoms with van der Waals surface area (Å²) in [6.07, 6.45) is 43.0. The lowest BCUT2D eigenvalue weighted by molar-refractivity contribution is -0.161. The van der Waals surface area contributed by atoms with E-state index in [-0.39, 0.29) is 25.7 Å². The molecule has 88 heavy (non-hydrogen) atoms. The molecule has 19 heteroatoms. The highest BCUT2D eigenvalue weighted by molar-refractivity contribution is 7.47. The maximum Gasteiger partial charge on any atom is 0.472 e. The lowest BCUT2D eigenvalue weighted by Crippen LogP contribution is -2.30. The molecule has 0 saturated carbocycles. The molecule has 0 radical (unpaired) electrons. The second-order valence-corrected chi connectivity index (χ2v) is 29.3. The smallest absolute Gasteiger partial charge is 0.462 e. The van der Waals surface area contributed by atoms with Gasteiger partial charge in [0.1, 0.15) is 19.3 Å². The van der Waals surface area contributed by atoms with Crippen molar-refractivity contribution >= 4 is 39.5 Å². The van der Waals surface area contributed by atoms with E-state index >= 15 is 0 Å². The molecule has 0 saturated heterocycles. The SMILES string of the molecule is CCCCCCCCCCCC(=O)OC[C@H](COP(=O)(O)OC[C@H](O)COP(=O)(O)OC[C@@H](COC(=O)CCCCCCCCCCCCC(C)C)OC(=O)CCCCCCCCCCCCCCC(C)C)OC(=O)CCCCCCCCCCC(C)C. The molecule has 0 spiro atoms. The third kappa shape index (κ3) is 62.8. The minimum absolute atomic E-state index is 0.104. The summed E-state index contributed by atoms with van der Waals surface area (Å²) in [5.74, 6) is 0.124. The van der Waals surface area contributed by atoms with Crippen LogP contribution in [0.1, 0.15) is 344 Å². The molecule has 17 nitrogen and oxygen atoms in total. The fourth-order valence-corrected chi connectivity index (χ4v) is 11.9. The molecule has 0 aromatic heterocycles. The van der Waals surface area contributed by atoms with E-state index in [0.717, 1.165) is 108 Å². The average molecular weight is 1300 g/mol. The molecule has 0 rings (SSSR count). The van der Waals surface area contributed by atoms with Crippen LogP contribution in [0.25, 0.3) is 0 Å². The summed E-state index contributed by atoms with van der Waals surface area (Å²) < 4.78 is 68.2. The highest BCUT2D eigenvalue weighted by atomic mass is 31.2. The molecule has 0 amide bonds. The summed E-state index contributed by atoms with van der Waals surface area (Å²) in [6, 6.07) is 0. The Morgan fingerprint density at radius 2 is 0.523 bits per heavy atom. The fourth-order valence-electron chi connectivity index (χ4n) is 10.4. The van der Waals surface area contributed by atoms with Crippen LogP contribution in [0, 0.1) is 17.8 Å². The molecule has 3 N–H and O–H groups in total. The van der Waals surface area contributed by atoms with Gasteiger partial charge in [-0.1, -0.05) is 292 Å². The number of aliphatic hydroxyl groups excluding tert-OH is 1. The normalized spacial score (nSPS) is 14.2. The molecule has 0 heterocycles. The molecule has 0 aliphatic carbocycles. The number of rotatable bonds is 67. The van der Waals surface area contributed by atoms with Crippen LogP contribution in [0.15, 0.2) is 0 Å². The third-order valence-corrected chi connectivity index (χ3v) is 17.8. The summed E-state index contributed by atoms with van der Waals surface area (Å²) in [6.45, 7) is 11.8. The summed E-state index contributed by atoms with van der Waals surface area (Å²) in [5.41, 5.74) is 0. The molecule has 522 valence electrons. The Bertz CT molecular complexity index is 1730. The zero-order valence-corrected chi connectivity index (χ0v) is 59.0. The Kier molecular flexibility index (Phi) is 58.7. The summed E-state index contributed by atoms with van der Waals surface area (Å²) >= 11 is 0. The molecule has 0 bridgehead atoms. The zero-order valence-electron chi connectivity index (χ0n) is 57.2. The van der Waals surface area contributed by atoms with E-state index in [4.69, 9.17) is 37.0 Å². The standard InChI is InChI=1S/C69H134O17P2/c1-8-9-10-11-12-19-29-36-43-50-66(71)79-56-65(86-69(74)53-46-39-32-25-24-28-35-42-49-62(6)7)59-84-88(77,78)82-55-63(70)54-81-87(75,76)83-58-64(57-80-67(72)51-44-37-30-22-18-17-21-27-34-41-48-61(4)5)85-68(73)52-45-38-31-23-16-14-13-15-20-26-33-40-47-60(2)3/h60-65,70H,8-59H2,1-7H3,(H,75,76)(H,77,78)/t63-,64-,65-/m1/s1. The van der Waals surface area contributed by atoms with Crippen molar-refractivity contribution in [3.05, 3.63) is 0 Å². The molecule has 0 aromatic rings. The number of hydrogen-bond donors (Lipinski definition) is 3. The molecule has 0 aromatic carbocycles. The van der Waals surface area contributed by atoms with Crippen molar-refractivity contribution in [2.24, 2.45) is 17.8 Å². The van der Waals surface area contributed by atoms with Gasteiger partial charge in [0.2, 0.25) is 0 Å². The van der Waals surface area contributed by atoms with Crippen LogP contribution in [0.5, 0.6) is 0 Å². The molecule has 0 aliphatic rings. The number of esters is 4. The van der Waals surface area contributed by atoms with Crippen LogP contribution >= 0.6 is 15.6 Å². The number of carbonyl (C=O) groups is 4. The first kappa shape index (κ1) is 86.1. The number of phosphoric acid groups is 2. The predicted molar refractivity (Wildman–Crippen MR) is 354 cm³/mol. The maximum absolute atomic E-state index is 13.0. The molecule has 5 atom stereocenters. The van der Waals surface area contributed by atoms with E-state index in [9.17, 15) is 43.2 Å². The molecular formula is C69H134O17P2. The Hall–Kier alpha value is -1.94. The summed E-state index contributed by atoms with van der Waals surface area (Å²) in [5, 5.41) is 10.6. The Morgan fingerprint density at radius 3 is 0.773 bits per heavy atom. The quantitative estimate of drug-likeness (QED) is 0.0222. The summed E-state index contributed by atoms with van der Waals surface area (Å²) in [7, 11) is -9.90. The number of hydrogen-bond acceptors (Lipinski definition) is 15. The van der Waals surface area contributed by atoms with Gasteiger partial charge in [-0.15, -0.1) is 0 Å². The first-order valence-corrected chi connectivity index (χ1v) is 38.8. The van der Waals surface area contributed by atoms with E-state index in [1.165, 1.54) is 154 Å². The van der Waals surface area contributed by atoms with Gasteiger partial charge < -0.3 is 33.8 Å². The van der Waals surface area contributed by atoms with Crippen molar-refractivity contribution in [1.29, 1.82) is 0 Å². The number of aliphatic hydroxyl groups is 1. The summed E-state index contributed by atoms with van der Waals surface area (Å²) in [4.78, 5) is 72.4. The van der Waals surface area contributed by atoms with E-state index in [2.05, 4.69) is 48.5 Å². The largest absolute Gasteiger partial charge is 0.472 e. The number of carbonyl (C=O) groups excluding carboxylic acids is 4. The topological polar surface area (TPSA) is 237 Å². The van der Waals surface area contributed by atoms with Crippen LogP contribution < -0.4 is 0 Å². The van der Waals surface area contributed by atoms with Crippen molar-refractivity contribution < 1.29 is 80.2 Å². The molecule has 0 aliphatic heterocycles. The van der Waals surface area contributed by atoms with E-state index in [1.807, 2.05) is 0 Å². The van der Waals surface area contributed by atoms with Gasteiger partial charge in [0.15, 0.2) is 12.2 Å². The number of ether oxygens (including phenoxy) is 4. The second-order valence-electron chi connectivity index (χ2n) is 26.3. The van der Waals surface area contributed by atoms with E-state index in [1.54, 1.807) is 0 Å². The first-order valence-electron chi connectivity index (χ1n) is 35.8. The Morgan fingerprint density at radius 1 is 0.307 bits per heavy atom. The van der Waals surface area contributed by atoms with Crippen molar-refractivity contribution in [2.75, 3.05) is 39.6 Å². The van der Waals surface area contributed by atoms with E-state index < -0.39 is 97.5 Å². The van der Waals surface area contributed by atoms with Gasteiger partial charge in [-0.2, -0.15) is 0 Å². The highest BCUT2D eigenvalue weighted by Gasteiger charge is 2.30. The minimum atomic E-state index is -4.95. The maximum atomic E-state index is 13.0. The Labute approximate surface area is 537 Å². The molecule has 0 fully saturated rings. The van der Waals surface area contributed by atoms with Crippen molar-refractivity contribution in [3.63, 3.8) is 0 Å². The van der Waals surface area contributed by atoms with Gasteiger partial charge in [0.05, 0.1) is 26.4 Å². The third-order valence-electron chi connectivity index (χ3n) is 15.9. The zero-order chi connectivity index (χ0) is 65.2. The Balaban J connectivity index is 5.24. The molecule has 2 unspecified atom stereocenters. The van der Waals surface area contributed by atoms with Gasteiger partial charge >= 0.3 is 39.5 Å². The van der Waals surface area contributed by atoms with Crippen molar-refractivity contribution in [2.45, 2.75) is 362 Å². The van der Waals surface area contributed by atoms with Crippen LogP contribution in [-0.2, 0) is 65.4 Å². The highest BCUT2D eigenvalue weighted by Crippen LogP contribution is 2.45. The average Bonchev–Trinajstić information content (AvgIpc) is 3.56. The van der Waals surface area contributed by atoms with Crippen LogP contribution in [0.2, 0.25) is 0 Å². The fraction of sp³-hybridized carbons (Fsp3) is 0.942. The van der Waals surface area contributed by atoms with Gasteiger partial charge in [0.25, 0.3) is 0 Å². The van der Waals surface area contributed by atoms with Gasteiger partial charge in [-0.05, 0) is 43.4 Å². The van der Waals surface area contributed by atoms with Gasteiger partial charge in [-0.3, -0.25) is 37.3 Å². The van der Waals surface area contributed by atoms with Crippen LogP contribution in [-0.4, -0.2) is 96.7 Å². The molecular weight excluding hydrogens is 1160 g/mol. The van der Waals surface area contributed by atoms with Crippen LogP contribution in [0.4, 0.5) is 0 Å². The number of phosphoric ester groups is 2. The number of unbranched alkanes of at least 4 members (excludes halogenated alkanes) is 35. The lowest BCUT2D eigenvalue weighted by atomic mass is 10.0. The van der Waals surface area contributed by atoms with E-state index in [0.29, 0.717) is 25.7 Å².